The van der Waals surface area contributed by atoms with Crippen LogP contribution in [0.5, 0.6) is 11.5 Å². The molecule has 20 heavy (non-hydrogen) atoms. The molecule has 1 saturated heterocycles. The molecule has 0 radical (unpaired) electrons. The number of rotatable bonds is 4. The van der Waals surface area contributed by atoms with Crippen LogP contribution in [-0.4, -0.2) is 34.1 Å². The molecule has 1 fully saturated rings. The molecule has 112 valence electrons. The number of hydrogen-bond donors (Lipinski definition) is 0. The van der Waals surface area contributed by atoms with E-state index in [1.807, 2.05) is 0 Å². The summed E-state index contributed by atoms with van der Waals surface area (Å²) >= 11 is 9.88. The van der Waals surface area contributed by atoms with Crippen LogP contribution in [0.3, 0.4) is 0 Å². The van der Waals surface area contributed by atoms with Crippen LogP contribution < -0.4 is 9.47 Å². The number of alkyl halides is 1. The lowest BCUT2D eigenvalue weighted by molar-refractivity contribution is 0.392. The quantitative estimate of drug-likeness (QED) is 0.749. The summed E-state index contributed by atoms with van der Waals surface area (Å²) in [5.41, 5.74) is 0.760. The standard InChI is InChI=1S/C13H16BrClO4S/c1-18-11-6-10(14)12(19-2)5-9(11)13(15)8-3-4-20(16,17)7-8/h5-6,8,13H,3-4,7H2,1-2H3. The molecule has 1 aromatic rings. The lowest BCUT2D eigenvalue weighted by Crippen LogP contribution is -2.11. The minimum Gasteiger partial charge on any atom is -0.496 e. The number of halogens is 2. The Balaban J connectivity index is 2.36. The topological polar surface area (TPSA) is 52.6 Å². The van der Waals surface area contributed by atoms with E-state index in [0.717, 1.165) is 10.0 Å². The van der Waals surface area contributed by atoms with Crippen molar-refractivity contribution in [2.24, 2.45) is 5.92 Å². The van der Waals surface area contributed by atoms with E-state index >= 15 is 0 Å². The highest BCUT2D eigenvalue weighted by Crippen LogP contribution is 2.43. The first-order valence-corrected chi connectivity index (χ1v) is 9.19. The van der Waals surface area contributed by atoms with Gasteiger partial charge in [-0.05, 0) is 40.4 Å². The van der Waals surface area contributed by atoms with E-state index in [0.29, 0.717) is 17.9 Å². The van der Waals surface area contributed by atoms with Gasteiger partial charge in [-0.25, -0.2) is 8.42 Å². The third-order valence-corrected chi connectivity index (χ3v) is 6.49. The molecule has 2 unspecified atom stereocenters. The predicted molar refractivity (Wildman–Crippen MR) is 82.6 cm³/mol. The Morgan fingerprint density at radius 2 is 1.95 bits per heavy atom. The molecule has 0 saturated carbocycles. The maximum atomic E-state index is 11.6. The molecule has 1 aliphatic rings. The van der Waals surface area contributed by atoms with Crippen LogP contribution in [0.25, 0.3) is 0 Å². The SMILES string of the molecule is COc1cc(C(Cl)C2CCS(=O)(=O)C2)c(OC)cc1Br. The zero-order valence-corrected chi connectivity index (χ0v) is 14.4. The number of hydrogen-bond acceptors (Lipinski definition) is 4. The van der Waals surface area contributed by atoms with Crippen LogP contribution in [0.2, 0.25) is 0 Å². The van der Waals surface area contributed by atoms with Crippen LogP contribution in [0, 0.1) is 5.92 Å². The molecular formula is C13H16BrClO4S. The molecule has 4 nitrogen and oxygen atoms in total. The third-order valence-electron chi connectivity index (χ3n) is 3.48. The molecule has 2 atom stereocenters. The van der Waals surface area contributed by atoms with Crippen molar-refractivity contribution in [3.8, 4) is 11.5 Å². The van der Waals surface area contributed by atoms with Gasteiger partial charge in [0.05, 0.1) is 35.6 Å². The van der Waals surface area contributed by atoms with E-state index in [-0.39, 0.29) is 17.4 Å². The summed E-state index contributed by atoms with van der Waals surface area (Å²) in [6.07, 6.45) is 0.581. The van der Waals surface area contributed by atoms with Gasteiger partial charge in [-0.3, -0.25) is 0 Å². The van der Waals surface area contributed by atoms with Crippen molar-refractivity contribution in [3.63, 3.8) is 0 Å². The highest BCUT2D eigenvalue weighted by atomic mass is 79.9. The molecule has 2 rings (SSSR count). The van der Waals surface area contributed by atoms with E-state index in [1.54, 1.807) is 26.4 Å². The number of sulfone groups is 1. The van der Waals surface area contributed by atoms with Crippen molar-refractivity contribution in [1.29, 1.82) is 0 Å². The Bertz CT molecular complexity index is 603. The second-order valence-corrected chi connectivity index (χ2v) is 8.35. The second kappa shape index (κ2) is 6.12. The number of benzene rings is 1. The van der Waals surface area contributed by atoms with Gasteiger partial charge in [0.1, 0.15) is 11.5 Å². The Hall–Kier alpha value is -0.460. The van der Waals surface area contributed by atoms with Crippen molar-refractivity contribution < 1.29 is 17.9 Å². The molecule has 0 bridgehead atoms. The fourth-order valence-corrected chi connectivity index (χ4v) is 5.22. The van der Waals surface area contributed by atoms with Crippen LogP contribution in [0.1, 0.15) is 17.4 Å². The Morgan fingerprint density at radius 1 is 1.30 bits per heavy atom. The minimum atomic E-state index is -2.96. The number of ether oxygens (including phenoxy) is 2. The summed E-state index contributed by atoms with van der Waals surface area (Å²) in [6.45, 7) is 0. The molecule has 0 aromatic heterocycles. The van der Waals surface area contributed by atoms with Crippen molar-refractivity contribution in [2.75, 3.05) is 25.7 Å². The van der Waals surface area contributed by atoms with E-state index in [4.69, 9.17) is 21.1 Å². The van der Waals surface area contributed by atoms with Crippen LogP contribution >= 0.6 is 27.5 Å². The molecule has 0 amide bonds. The summed E-state index contributed by atoms with van der Waals surface area (Å²) in [5, 5.41) is -0.413. The molecule has 1 heterocycles. The van der Waals surface area contributed by atoms with E-state index in [1.165, 1.54) is 0 Å². The lowest BCUT2D eigenvalue weighted by atomic mass is 9.97. The van der Waals surface area contributed by atoms with Gasteiger partial charge >= 0.3 is 0 Å². The highest BCUT2D eigenvalue weighted by molar-refractivity contribution is 9.10. The van der Waals surface area contributed by atoms with E-state index in [9.17, 15) is 8.42 Å². The van der Waals surface area contributed by atoms with Gasteiger partial charge in [0.25, 0.3) is 0 Å². The highest BCUT2D eigenvalue weighted by Gasteiger charge is 2.35. The summed E-state index contributed by atoms with van der Waals surface area (Å²) < 4.78 is 34.5. The van der Waals surface area contributed by atoms with Crippen molar-refractivity contribution in [3.05, 3.63) is 22.2 Å². The van der Waals surface area contributed by atoms with Gasteiger partial charge in [0.2, 0.25) is 0 Å². The lowest BCUT2D eigenvalue weighted by Gasteiger charge is -2.20. The first kappa shape index (κ1) is 15.9. The van der Waals surface area contributed by atoms with Crippen molar-refractivity contribution in [1.82, 2.24) is 0 Å². The van der Waals surface area contributed by atoms with Crippen LogP contribution in [0.15, 0.2) is 16.6 Å². The van der Waals surface area contributed by atoms with Crippen LogP contribution in [0.4, 0.5) is 0 Å². The molecule has 7 heteroatoms. The summed E-state index contributed by atoms with van der Waals surface area (Å²) in [4.78, 5) is 0. The zero-order valence-electron chi connectivity index (χ0n) is 11.2. The average Bonchev–Trinajstić information content (AvgIpc) is 2.78. The van der Waals surface area contributed by atoms with Gasteiger partial charge in [-0.2, -0.15) is 0 Å². The van der Waals surface area contributed by atoms with Crippen molar-refractivity contribution in [2.45, 2.75) is 11.8 Å². The minimum absolute atomic E-state index is 0.0959. The second-order valence-electron chi connectivity index (χ2n) is 4.79. The molecule has 0 N–H and O–H groups in total. The van der Waals surface area contributed by atoms with Crippen molar-refractivity contribution >= 4 is 37.4 Å². The van der Waals surface area contributed by atoms with Gasteiger partial charge in [0.15, 0.2) is 9.84 Å². The summed E-state index contributed by atoms with van der Waals surface area (Å²) in [5.74, 6) is 1.51. The summed E-state index contributed by atoms with van der Waals surface area (Å²) in [6, 6.07) is 3.58. The molecule has 1 aliphatic heterocycles. The normalized spacial score (nSPS) is 22.5. The van der Waals surface area contributed by atoms with Gasteiger partial charge in [-0.1, -0.05) is 0 Å². The maximum absolute atomic E-state index is 11.6. The van der Waals surface area contributed by atoms with Gasteiger partial charge in [-0.15, -0.1) is 11.6 Å². The molecule has 0 spiro atoms. The predicted octanol–water partition coefficient (Wildman–Crippen LogP) is 3.18. The van der Waals surface area contributed by atoms with E-state index < -0.39 is 15.2 Å². The Labute approximate surface area is 132 Å². The monoisotopic (exact) mass is 382 g/mol. The molecule has 1 aromatic carbocycles. The average molecular weight is 384 g/mol. The summed E-state index contributed by atoms with van der Waals surface area (Å²) in [7, 11) is 0.174. The largest absolute Gasteiger partial charge is 0.496 e. The van der Waals surface area contributed by atoms with E-state index in [2.05, 4.69) is 15.9 Å². The number of methoxy groups -OCH3 is 2. The zero-order chi connectivity index (χ0) is 14.9. The fourth-order valence-electron chi connectivity index (χ4n) is 2.41. The Kier molecular flexibility index (Phi) is 4.87. The van der Waals surface area contributed by atoms with Crippen LogP contribution in [-0.2, 0) is 9.84 Å². The maximum Gasteiger partial charge on any atom is 0.150 e. The van der Waals surface area contributed by atoms with Gasteiger partial charge in [0, 0.05) is 5.56 Å². The first-order valence-electron chi connectivity index (χ1n) is 6.14. The molecule has 0 aliphatic carbocycles. The first-order chi connectivity index (χ1) is 9.38. The fraction of sp³-hybridized carbons (Fsp3) is 0.538. The van der Waals surface area contributed by atoms with Gasteiger partial charge < -0.3 is 9.47 Å². The Morgan fingerprint density at radius 3 is 2.45 bits per heavy atom. The smallest absolute Gasteiger partial charge is 0.150 e. The third kappa shape index (κ3) is 3.23. The molecular weight excluding hydrogens is 368 g/mol.